The quantitative estimate of drug-likeness (QED) is 0.486. The first kappa shape index (κ1) is 23.2. The van der Waals surface area contributed by atoms with Crippen molar-refractivity contribution in [2.24, 2.45) is 0 Å². The van der Waals surface area contributed by atoms with Gasteiger partial charge in [-0.3, -0.25) is 14.4 Å². The summed E-state index contributed by atoms with van der Waals surface area (Å²) in [7, 11) is -4.01. The van der Waals surface area contributed by atoms with Crippen molar-refractivity contribution in [1.29, 1.82) is 0 Å². The molecule has 1 aromatic heterocycles. The maximum atomic E-state index is 13.0. The molecule has 1 saturated heterocycles. The van der Waals surface area contributed by atoms with E-state index < -0.39 is 27.1 Å². The molecule has 2 heterocycles. The fourth-order valence-electron chi connectivity index (χ4n) is 3.30. The largest absolute Gasteiger partial charge is 0.494 e. The zero-order chi connectivity index (χ0) is 23.8. The van der Waals surface area contributed by atoms with E-state index in [1.54, 1.807) is 0 Å². The van der Waals surface area contributed by atoms with Gasteiger partial charge < -0.3 is 4.74 Å². The molecule has 1 unspecified atom stereocenters. The van der Waals surface area contributed by atoms with Crippen molar-refractivity contribution in [2.45, 2.75) is 34.8 Å². The summed E-state index contributed by atoms with van der Waals surface area (Å²) in [5, 5.41) is -0.632. The minimum Gasteiger partial charge on any atom is -0.494 e. The van der Waals surface area contributed by atoms with E-state index in [2.05, 4.69) is 4.98 Å². The number of sulfonamides is 1. The highest BCUT2D eigenvalue weighted by atomic mass is 32.2. The van der Waals surface area contributed by atoms with E-state index in [0.29, 0.717) is 10.9 Å². The molecule has 12 heteroatoms. The SMILES string of the molecule is CCOc1ccc2nc(SC3CC(=O)N(c4ccc(S(=O)(=O)NC(C)=O)cc4)C3=O)sc2c1. The summed E-state index contributed by atoms with van der Waals surface area (Å²) >= 11 is 2.65. The van der Waals surface area contributed by atoms with Crippen molar-refractivity contribution in [2.75, 3.05) is 11.5 Å². The normalized spacial score (nSPS) is 16.4. The Morgan fingerprint density at radius 1 is 1.24 bits per heavy atom. The van der Waals surface area contributed by atoms with Gasteiger partial charge in [0.15, 0.2) is 4.34 Å². The molecular formula is C21H19N3O6S3. The molecule has 0 spiro atoms. The average molecular weight is 506 g/mol. The summed E-state index contributed by atoms with van der Waals surface area (Å²) in [4.78, 5) is 42.1. The smallest absolute Gasteiger partial charge is 0.264 e. The van der Waals surface area contributed by atoms with Crippen molar-refractivity contribution in [3.8, 4) is 5.75 Å². The fraction of sp³-hybridized carbons (Fsp3) is 0.238. The lowest BCUT2D eigenvalue weighted by Crippen LogP contribution is -2.31. The third-order valence-electron chi connectivity index (χ3n) is 4.68. The number of rotatable bonds is 7. The zero-order valence-electron chi connectivity index (χ0n) is 17.6. The molecule has 1 atom stereocenters. The van der Waals surface area contributed by atoms with Crippen LogP contribution in [0.25, 0.3) is 10.2 Å². The first-order valence-electron chi connectivity index (χ1n) is 9.88. The number of aromatic nitrogens is 1. The number of imide groups is 1. The van der Waals surface area contributed by atoms with E-state index in [1.165, 1.54) is 47.4 Å². The van der Waals surface area contributed by atoms with Crippen LogP contribution < -0.4 is 14.4 Å². The minimum absolute atomic E-state index is 0.00949. The minimum atomic E-state index is -4.01. The third kappa shape index (κ3) is 4.87. The van der Waals surface area contributed by atoms with Crippen LogP contribution in [-0.4, -0.2) is 43.0 Å². The van der Waals surface area contributed by atoms with Gasteiger partial charge in [0.2, 0.25) is 17.7 Å². The Bertz CT molecular complexity index is 1350. The van der Waals surface area contributed by atoms with Crippen LogP contribution >= 0.6 is 23.1 Å². The van der Waals surface area contributed by atoms with Gasteiger partial charge >= 0.3 is 0 Å². The molecular weight excluding hydrogens is 486 g/mol. The van der Waals surface area contributed by atoms with Crippen LogP contribution in [-0.2, 0) is 24.4 Å². The van der Waals surface area contributed by atoms with Gasteiger partial charge in [0, 0.05) is 13.3 Å². The summed E-state index contributed by atoms with van der Waals surface area (Å²) in [6, 6.07) is 10.8. The molecule has 2 aromatic carbocycles. The fourth-order valence-corrected chi connectivity index (χ4v) is 6.66. The second-order valence-electron chi connectivity index (χ2n) is 7.08. The van der Waals surface area contributed by atoms with Crippen molar-refractivity contribution in [1.82, 2.24) is 9.71 Å². The molecule has 1 N–H and O–H groups in total. The number of benzene rings is 2. The van der Waals surface area contributed by atoms with Crippen LogP contribution in [0.5, 0.6) is 5.75 Å². The summed E-state index contributed by atoms with van der Waals surface area (Å²) in [6.45, 7) is 3.55. The molecule has 0 radical (unpaired) electrons. The maximum Gasteiger partial charge on any atom is 0.264 e. The second kappa shape index (κ2) is 9.12. The molecule has 4 rings (SSSR count). The molecule has 9 nitrogen and oxygen atoms in total. The Hall–Kier alpha value is -2.96. The van der Waals surface area contributed by atoms with E-state index in [4.69, 9.17) is 4.74 Å². The first-order valence-corrected chi connectivity index (χ1v) is 13.1. The second-order valence-corrected chi connectivity index (χ2v) is 11.2. The van der Waals surface area contributed by atoms with E-state index in [9.17, 15) is 22.8 Å². The monoisotopic (exact) mass is 505 g/mol. The highest BCUT2D eigenvalue weighted by Crippen LogP contribution is 2.38. The van der Waals surface area contributed by atoms with Crippen molar-refractivity contribution in [3.63, 3.8) is 0 Å². The van der Waals surface area contributed by atoms with Crippen molar-refractivity contribution >= 4 is 66.7 Å². The van der Waals surface area contributed by atoms with Gasteiger partial charge in [-0.2, -0.15) is 0 Å². The number of amides is 3. The van der Waals surface area contributed by atoms with Gasteiger partial charge in [-0.1, -0.05) is 11.8 Å². The van der Waals surface area contributed by atoms with Crippen LogP contribution in [0.1, 0.15) is 20.3 Å². The number of ether oxygens (including phenoxy) is 1. The van der Waals surface area contributed by atoms with Gasteiger partial charge in [-0.15, -0.1) is 11.3 Å². The molecule has 0 bridgehead atoms. The van der Waals surface area contributed by atoms with Crippen molar-refractivity contribution < 1.29 is 27.5 Å². The topological polar surface area (TPSA) is 123 Å². The summed E-state index contributed by atoms with van der Waals surface area (Å²) < 4.78 is 33.2. The van der Waals surface area contributed by atoms with E-state index >= 15 is 0 Å². The molecule has 1 aliphatic heterocycles. The first-order chi connectivity index (χ1) is 15.7. The standard InChI is InChI=1S/C21H19N3O6S3/c1-3-30-14-6-9-16-17(10-14)31-21(22-16)32-18-11-19(26)24(20(18)27)13-4-7-15(8-5-13)33(28,29)23-12(2)25/h4-10,18H,3,11H2,1-2H3,(H,23,25). The molecule has 1 aliphatic rings. The lowest BCUT2D eigenvalue weighted by Gasteiger charge is -2.15. The van der Waals surface area contributed by atoms with Crippen LogP contribution in [0.2, 0.25) is 0 Å². The highest BCUT2D eigenvalue weighted by molar-refractivity contribution is 8.02. The molecule has 0 saturated carbocycles. The van der Waals surface area contributed by atoms with Crippen LogP contribution in [0.15, 0.2) is 51.7 Å². The number of anilines is 1. The predicted octanol–water partition coefficient (Wildman–Crippen LogP) is 2.94. The number of nitrogens with one attached hydrogen (secondary N) is 1. The predicted molar refractivity (Wildman–Crippen MR) is 125 cm³/mol. The van der Waals surface area contributed by atoms with Gasteiger partial charge in [0.25, 0.3) is 10.0 Å². The Morgan fingerprint density at radius 3 is 2.64 bits per heavy atom. The number of carbonyl (C=O) groups excluding carboxylic acids is 3. The molecule has 0 aliphatic carbocycles. The molecule has 3 amide bonds. The molecule has 172 valence electrons. The number of thiazole rings is 1. The number of nitrogens with zero attached hydrogens (tertiary/aromatic N) is 2. The van der Waals surface area contributed by atoms with Gasteiger partial charge in [0.05, 0.1) is 27.4 Å². The van der Waals surface area contributed by atoms with Crippen LogP contribution in [0, 0.1) is 0 Å². The number of carbonyl (C=O) groups is 3. The van der Waals surface area contributed by atoms with Crippen LogP contribution in [0.4, 0.5) is 5.69 Å². The van der Waals surface area contributed by atoms with Gasteiger partial charge in [-0.25, -0.2) is 23.0 Å². The number of hydrogen-bond donors (Lipinski definition) is 1. The maximum absolute atomic E-state index is 13.0. The molecule has 1 fully saturated rings. The summed E-state index contributed by atoms with van der Waals surface area (Å²) in [5.41, 5.74) is 1.05. The van der Waals surface area contributed by atoms with Crippen molar-refractivity contribution in [3.05, 3.63) is 42.5 Å². The lowest BCUT2D eigenvalue weighted by molar-refractivity contribution is -0.121. The van der Waals surface area contributed by atoms with E-state index in [1.807, 2.05) is 29.8 Å². The lowest BCUT2D eigenvalue weighted by atomic mass is 10.3. The molecule has 33 heavy (non-hydrogen) atoms. The Labute approximate surface area is 198 Å². The van der Waals surface area contributed by atoms with Gasteiger partial charge in [0.1, 0.15) is 11.0 Å². The van der Waals surface area contributed by atoms with Gasteiger partial charge in [-0.05, 0) is 49.4 Å². The zero-order valence-corrected chi connectivity index (χ0v) is 20.1. The summed E-state index contributed by atoms with van der Waals surface area (Å²) in [6.07, 6.45) is 0.00949. The number of fused-ring (bicyclic) bond motifs is 1. The van der Waals surface area contributed by atoms with E-state index in [0.717, 1.165) is 27.8 Å². The number of thioether (sulfide) groups is 1. The Balaban J connectivity index is 1.51. The number of hydrogen-bond acceptors (Lipinski definition) is 9. The average Bonchev–Trinajstić information content (AvgIpc) is 3.26. The molecule has 3 aromatic rings. The van der Waals surface area contributed by atoms with E-state index in [-0.39, 0.29) is 22.9 Å². The summed E-state index contributed by atoms with van der Waals surface area (Å²) in [5.74, 6) is -0.744. The Kier molecular flexibility index (Phi) is 6.41. The van der Waals surface area contributed by atoms with Crippen LogP contribution in [0.3, 0.4) is 0 Å². The third-order valence-corrected chi connectivity index (χ3v) is 8.43. The Morgan fingerprint density at radius 2 is 1.97 bits per heavy atom. The highest BCUT2D eigenvalue weighted by Gasteiger charge is 2.40.